The summed E-state index contributed by atoms with van der Waals surface area (Å²) in [7, 11) is 2.78. The molecule has 4 N–H and O–H groups in total. The molecule has 1 heterocycles. The van der Waals surface area contributed by atoms with E-state index < -0.39 is 6.04 Å². The van der Waals surface area contributed by atoms with Gasteiger partial charge < -0.3 is 21.3 Å². The van der Waals surface area contributed by atoms with Crippen molar-refractivity contribution in [1.82, 2.24) is 10.2 Å². The van der Waals surface area contributed by atoms with E-state index in [1.807, 2.05) is 91.0 Å². The molecule has 1 fully saturated rings. The minimum absolute atomic E-state index is 0.144. The average molecular weight is 597 g/mol. The fourth-order valence-electron chi connectivity index (χ4n) is 3.79. The summed E-state index contributed by atoms with van der Waals surface area (Å²) < 4.78 is 0. The number of aryl methyl sites for hydroxylation is 1. The maximum Gasteiger partial charge on any atom is 0.322 e. The lowest BCUT2D eigenvalue weighted by atomic mass is 10.0. The molecule has 0 bridgehead atoms. The van der Waals surface area contributed by atoms with E-state index in [2.05, 4.69) is 52.5 Å². The van der Waals surface area contributed by atoms with Crippen LogP contribution >= 0.6 is 9.24 Å². The summed E-state index contributed by atoms with van der Waals surface area (Å²) in [6, 6.07) is 6.91. The third kappa shape index (κ3) is 16.8. The minimum Gasteiger partial charge on any atom is -0.405 e. The first-order valence-electron chi connectivity index (χ1n) is 15.0. The Bertz CT molecular complexity index is 1070. The first-order valence-corrected chi connectivity index (χ1v) is 15.6. The lowest BCUT2D eigenvalue weighted by molar-refractivity contribution is -0.123. The van der Waals surface area contributed by atoms with Crippen LogP contribution < -0.4 is 16.4 Å². The van der Waals surface area contributed by atoms with E-state index in [1.54, 1.807) is 17.1 Å². The molecule has 3 amide bonds. The van der Waals surface area contributed by atoms with Gasteiger partial charge in [0, 0.05) is 24.4 Å². The molecule has 0 aliphatic carbocycles. The van der Waals surface area contributed by atoms with Crippen LogP contribution in [0.3, 0.4) is 0 Å². The molecular formula is C35H57N4O2P. The highest BCUT2D eigenvalue weighted by Crippen LogP contribution is 2.24. The third-order valence-corrected chi connectivity index (χ3v) is 6.42. The number of benzene rings is 1. The molecule has 3 atom stereocenters. The smallest absolute Gasteiger partial charge is 0.322 e. The van der Waals surface area contributed by atoms with Crippen molar-refractivity contribution in [2.75, 3.05) is 11.9 Å². The zero-order chi connectivity index (χ0) is 32.5. The highest BCUT2D eigenvalue weighted by molar-refractivity contribution is 7.22. The minimum atomic E-state index is -0.481. The summed E-state index contributed by atoms with van der Waals surface area (Å²) in [5, 5.41) is 7.04. The predicted octanol–water partition coefficient (Wildman–Crippen LogP) is 9.02. The summed E-state index contributed by atoms with van der Waals surface area (Å²) >= 11 is 0. The second-order valence-corrected chi connectivity index (χ2v) is 9.99. The summed E-state index contributed by atoms with van der Waals surface area (Å²) in [6.45, 7) is 22.0. The molecule has 42 heavy (non-hydrogen) atoms. The molecular weight excluding hydrogens is 539 g/mol. The summed E-state index contributed by atoms with van der Waals surface area (Å²) in [6.07, 6.45) is 17.1. The fraction of sp³-hybridized carbons (Fsp3) is 0.429. The third-order valence-electron chi connectivity index (χ3n) is 6.02. The number of nitrogens with one attached hydrogen (secondary N) is 2. The summed E-state index contributed by atoms with van der Waals surface area (Å²) in [5.41, 5.74) is 9.24. The highest BCUT2D eigenvalue weighted by Gasteiger charge is 2.34. The number of amides is 3. The van der Waals surface area contributed by atoms with Crippen LogP contribution in [-0.2, 0) is 4.79 Å². The maximum absolute atomic E-state index is 13.1. The zero-order valence-corrected chi connectivity index (χ0v) is 28.7. The van der Waals surface area contributed by atoms with E-state index in [9.17, 15) is 9.59 Å². The topological polar surface area (TPSA) is 87.5 Å². The van der Waals surface area contributed by atoms with Gasteiger partial charge in [-0.05, 0) is 76.2 Å². The van der Waals surface area contributed by atoms with Crippen LogP contribution in [0.4, 0.5) is 10.5 Å². The monoisotopic (exact) mass is 596 g/mol. The number of nitrogens with two attached hydrogens (primary N) is 1. The van der Waals surface area contributed by atoms with E-state index in [0.717, 1.165) is 28.7 Å². The Labute approximate surface area is 259 Å². The van der Waals surface area contributed by atoms with Crippen molar-refractivity contribution in [3.63, 3.8) is 0 Å². The molecule has 1 aromatic rings. The van der Waals surface area contributed by atoms with Crippen molar-refractivity contribution in [2.45, 2.75) is 87.6 Å². The average Bonchev–Trinajstić information content (AvgIpc) is 3.49. The second kappa shape index (κ2) is 25.3. The van der Waals surface area contributed by atoms with Gasteiger partial charge in [0.25, 0.3) is 0 Å². The molecule has 234 valence electrons. The molecule has 0 aromatic heterocycles. The number of hydrogen-bond acceptors (Lipinski definition) is 3. The van der Waals surface area contributed by atoms with E-state index in [-0.39, 0.29) is 17.9 Å². The van der Waals surface area contributed by atoms with Gasteiger partial charge >= 0.3 is 6.03 Å². The van der Waals surface area contributed by atoms with Gasteiger partial charge in [0.15, 0.2) is 0 Å². The van der Waals surface area contributed by atoms with Crippen molar-refractivity contribution in [2.24, 2.45) is 11.7 Å². The van der Waals surface area contributed by atoms with Crippen LogP contribution in [0.5, 0.6) is 0 Å². The molecule has 0 radical (unpaired) electrons. The molecule has 1 aromatic carbocycles. The number of carbonyl (C=O) groups is 2. The Morgan fingerprint density at radius 3 is 2.26 bits per heavy atom. The Morgan fingerprint density at radius 2 is 1.71 bits per heavy atom. The maximum atomic E-state index is 13.1. The van der Waals surface area contributed by atoms with Crippen molar-refractivity contribution < 1.29 is 9.59 Å². The Morgan fingerprint density at radius 1 is 1.12 bits per heavy atom. The fourth-order valence-corrected chi connectivity index (χ4v) is 4.30. The quantitative estimate of drug-likeness (QED) is 0.151. The first-order chi connectivity index (χ1) is 20.2. The van der Waals surface area contributed by atoms with Crippen LogP contribution in [0.15, 0.2) is 96.2 Å². The van der Waals surface area contributed by atoms with Crippen LogP contribution in [0.25, 0.3) is 0 Å². The molecule has 0 saturated carbocycles. The molecule has 0 spiro atoms. The lowest BCUT2D eigenvalue weighted by Crippen LogP contribution is -2.47. The van der Waals surface area contributed by atoms with Crippen LogP contribution in [0.1, 0.15) is 80.2 Å². The lowest BCUT2D eigenvalue weighted by Gasteiger charge is -2.25. The Hall–Kier alpha value is -3.37. The van der Waals surface area contributed by atoms with Crippen molar-refractivity contribution >= 4 is 26.9 Å². The van der Waals surface area contributed by atoms with Crippen LogP contribution in [0.2, 0.25) is 0 Å². The molecule has 3 unspecified atom stereocenters. The number of allylic oxidation sites excluding steroid dienone is 9. The van der Waals surface area contributed by atoms with Crippen molar-refractivity contribution in [1.29, 1.82) is 0 Å². The van der Waals surface area contributed by atoms with Crippen molar-refractivity contribution in [3.8, 4) is 0 Å². The molecule has 7 heteroatoms. The second-order valence-electron chi connectivity index (χ2n) is 9.25. The van der Waals surface area contributed by atoms with E-state index in [1.165, 1.54) is 11.8 Å². The van der Waals surface area contributed by atoms with E-state index in [4.69, 9.17) is 5.73 Å². The highest BCUT2D eigenvalue weighted by atomic mass is 31.0. The molecule has 6 nitrogen and oxygen atoms in total. The normalized spacial score (nSPS) is 15.9. The number of anilines is 1. The van der Waals surface area contributed by atoms with E-state index >= 15 is 0 Å². The van der Waals surface area contributed by atoms with Gasteiger partial charge in [0.2, 0.25) is 5.91 Å². The SMILES string of the molecule is C/C=C(\C/C(P)=C\C(C)/C(C)=C/C=C\C=C\N)NC(=O)C1CCCN1C(=O)Nc1ccc(C)cc1.C=CC.CC.CC. The predicted molar refractivity (Wildman–Crippen MR) is 188 cm³/mol. The number of urea groups is 1. The Kier molecular flexibility index (Phi) is 24.6. The number of hydrogen-bond donors (Lipinski definition) is 3. The van der Waals surface area contributed by atoms with Crippen LogP contribution in [0, 0.1) is 12.8 Å². The summed E-state index contributed by atoms with van der Waals surface area (Å²) in [5.74, 6) is 0.105. The van der Waals surface area contributed by atoms with Gasteiger partial charge in [-0.3, -0.25) is 4.79 Å². The number of rotatable bonds is 9. The van der Waals surface area contributed by atoms with Crippen LogP contribution in [-0.4, -0.2) is 29.4 Å². The molecule has 1 aliphatic heterocycles. The van der Waals surface area contributed by atoms with E-state index in [0.29, 0.717) is 19.4 Å². The molecule has 1 aliphatic rings. The number of nitrogens with zero attached hydrogens (tertiary/aromatic N) is 1. The van der Waals surface area contributed by atoms with Gasteiger partial charge in [0.1, 0.15) is 6.04 Å². The van der Waals surface area contributed by atoms with Gasteiger partial charge in [-0.1, -0.05) is 94.3 Å². The summed E-state index contributed by atoms with van der Waals surface area (Å²) in [4.78, 5) is 27.5. The standard InChI is InChI=1S/C28H39N4O2P.C3H6.2C2H6/c1-5-23(19-25(35)18-22(4)21(3)10-7-6-8-16-29)30-27(33)26-11-9-17-32(26)28(34)31-24-14-12-20(2)13-15-24;1-3-2;2*1-2/h5-8,10,12-16,18,22,26H,9,11,17,19,29,35H2,1-4H3,(H,30,33)(H,31,34);3H,1H2,2H3;2*1-2H3/b7-6-,16-8+,21-10+,23-5+,25-18+;;;. The first kappa shape index (κ1) is 40.8. The van der Waals surface area contributed by atoms with Gasteiger partial charge in [-0.25, -0.2) is 4.79 Å². The van der Waals surface area contributed by atoms with Gasteiger partial charge in [-0.2, -0.15) is 0 Å². The zero-order valence-electron chi connectivity index (χ0n) is 27.5. The Balaban J connectivity index is 0. The number of likely N-dealkylation sites (tertiary alicyclic amines) is 1. The van der Waals surface area contributed by atoms with Gasteiger partial charge in [-0.15, -0.1) is 15.8 Å². The molecule has 2 rings (SSSR count). The largest absolute Gasteiger partial charge is 0.405 e. The van der Waals surface area contributed by atoms with Crippen molar-refractivity contribution in [3.05, 3.63) is 102 Å². The van der Waals surface area contributed by atoms with Gasteiger partial charge in [0.05, 0.1) is 0 Å². The number of carbonyl (C=O) groups excluding carboxylic acids is 2. The molecule has 1 saturated heterocycles.